The Bertz CT molecular complexity index is 694. The van der Waals surface area contributed by atoms with E-state index in [2.05, 4.69) is 33.8 Å². The summed E-state index contributed by atoms with van der Waals surface area (Å²) in [5, 5.41) is 2.78. The molecule has 0 bridgehead atoms. The van der Waals surface area contributed by atoms with E-state index >= 15 is 0 Å². The van der Waals surface area contributed by atoms with Crippen LogP contribution in [0.15, 0.2) is 4.99 Å². The van der Waals surface area contributed by atoms with Crippen molar-refractivity contribution in [3.63, 3.8) is 0 Å². The summed E-state index contributed by atoms with van der Waals surface area (Å²) in [6, 6.07) is -2.72. The number of hydrogen-bond acceptors (Lipinski definition) is 10. The number of carbonyl (C=O) groups excluding carboxylic acids is 4. The molecular weight excluding hydrogens is 478 g/mol. The molecule has 13 heteroatoms. The van der Waals surface area contributed by atoms with Crippen LogP contribution in [0.1, 0.15) is 39.0 Å². The molecule has 0 aliphatic carbocycles. The maximum absolute atomic E-state index is 13.1. The lowest BCUT2D eigenvalue weighted by molar-refractivity contribution is -0.132. The lowest BCUT2D eigenvalue weighted by Crippen LogP contribution is -2.58. The van der Waals surface area contributed by atoms with Gasteiger partial charge in [-0.3, -0.25) is 19.5 Å². The van der Waals surface area contributed by atoms with Crippen molar-refractivity contribution in [2.24, 2.45) is 16.5 Å². The van der Waals surface area contributed by atoms with Crippen molar-refractivity contribution in [1.82, 2.24) is 21.1 Å². The molecule has 1 rings (SSSR count). The van der Waals surface area contributed by atoms with E-state index in [1.807, 2.05) is 11.2 Å². The maximum atomic E-state index is 13.1. The quantitative estimate of drug-likeness (QED) is 0.0326. The normalized spacial score (nSPS) is 19.6. The van der Waals surface area contributed by atoms with Crippen LogP contribution in [-0.4, -0.2) is 96.2 Å². The number of Topliss-reactive ketones (excluding diaryl/α,β-unsaturated/α-hetero) is 1. The molecule has 1 unspecified atom stereocenters. The number of thioether (sulfide) groups is 1. The molecule has 1 aliphatic rings. The molecule has 194 valence electrons. The molecule has 0 spiro atoms. The van der Waals surface area contributed by atoms with Gasteiger partial charge in [0.15, 0.2) is 11.7 Å². The molecule has 0 aromatic rings. The molecule has 0 aromatic carbocycles. The summed E-state index contributed by atoms with van der Waals surface area (Å²) in [4.78, 5) is 54.5. The van der Waals surface area contributed by atoms with Crippen molar-refractivity contribution in [1.29, 1.82) is 0 Å². The third kappa shape index (κ3) is 10.3. The van der Waals surface area contributed by atoms with Crippen LogP contribution >= 0.6 is 24.4 Å². The summed E-state index contributed by atoms with van der Waals surface area (Å²) in [6.45, 7) is 2.74. The third-order valence-corrected chi connectivity index (χ3v) is 6.74. The van der Waals surface area contributed by atoms with Gasteiger partial charge in [0.05, 0.1) is 30.2 Å². The van der Waals surface area contributed by atoms with E-state index in [0.29, 0.717) is 45.1 Å². The second kappa shape index (κ2) is 16.9. The number of thiol groups is 1. The standard InChI is InChI=1S/C21H39N7O4S2/c1-14(19(31)17(13-33)27-26-16(12-30)7-10-34-2)28-9-4-6-18(28)20(32)25-15(11-29)5-3-8-24-21(22)23/h11-12,14-18,26-27,33H,3-10,13H2,1-2H3,(H,25,32)(H4,22,23,24)/t14?,15-,16-,17-,18-/m0/s1. The van der Waals surface area contributed by atoms with E-state index in [9.17, 15) is 19.2 Å². The zero-order chi connectivity index (χ0) is 25.5. The smallest absolute Gasteiger partial charge is 0.237 e. The van der Waals surface area contributed by atoms with Gasteiger partial charge < -0.3 is 26.4 Å². The molecule has 1 saturated heterocycles. The number of amides is 1. The van der Waals surface area contributed by atoms with Crippen LogP contribution in [-0.2, 0) is 19.2 Å². The summed E-state index contributed by atoms with van der Waals surface area (Å²) in [5.74, 6) is 0.633. The number of hydrogen-bond donors (Lipinski definition) is 6. The topological polar surface area (TPSA) is 172 Å². The van der Waals surface area contributed by atoms with Gasteiger partial charge in [0.25, 0.3) is 0 Å². The first-order chi connectivity index (χ1) is 16.3. The van der Waals surface area contributed by atoms with Gasteiger partial charge in [0, 0.05) is 12.3 Å². The van der Waals surface area contributed by atoms with E-state index < -0.39 is 30.2 Å². The number of ketones is 1. The number of hydrazine groups is 1. The summed E-state index contributed by atoms with van der Waals surface area (Å²) in [7, 11) is 0. The summed E-state index contributed by atoms with van der Waals surface area (Å²) >= 11 is 5.93. The Morgan fingerprint density at radius 3 is 2.50 bits per heavy atom. The largest absolute Gasteiger partial charge is 0.370 e. The van der Waals surface area contributed by atoms with Gasteiger partial charge in [-0.1, -0.05) is 0 Å². The molecule has 7 N–H and O–H groups in total. The van der Waals surface area contributed by atoms with Crippen LogP contribution in [0.3, 0.4) is 0 Å². The van der Waals surface area contributed by atoms with Gasteiger partial charge in [0.2, 0.25) is 5.91 Å². The zero-order valence-electron chi connectivity index (χ0n) is 19.9. The van der Waals surface area contributed by atoms with Crippen LogP contribution < -0.4 is 27.6 Å². The fourth-order valence-corrected chi connectivity index (χ4v) is 4.56. The Morgan fingerprint density at radius 1 is 1.21 bits per heavy atom. The second-order valence-corrected chi connectivity index (χ2v) is 9.57. The van der Waals surface area contributed by atoms with E-state index in [1.165, 1.54) is 0 Å². The number of aliphatic imine (C=N–C) groups is 1. The van der Waals surface area contributed by atoms with Crippen molar-refractivity contribution in [3.05, 3.63) is 0 Å². The minimum absolute atomic E-state index is 0.0159. The van der Waals surface area contributed by atoms with Gasteiger partial charge in [-0.2, -0.15) is 24.4 Å². The number of nitrogens with two attached hydrogens (primary N) is 2. The Morgan fingerprint density at radius 2 is 1.91 bits per heavy atom. The second-order valence-electron chi connectivity index (χ2n) is 8.22. The zero-order valence-corrected chi connectivity index (χ0v) is 21.7. The summed E-state index contributed by atoms with van der Waals surface area (Å²) in [6.07, 6.45) is 6.45. The molecule has 0 aromatic heterocycles. The van der Waals surface area contributed by atoms with Gasteiger partial charge in [-0.15, -0.1) is 0 Å². The molecule has 1 amide bonds. The molecular formula is C21H39N7O4S2. The van der Waals surface area contributed by atoms with Crippen LogP contribution in [0.4, 0.5) is 0 Å². The van der Waals surface area contributed by atoms with E-state index in [0.717, 1.165) is 18.5 Å². The molecule has 1 aliphatic heterocycles. The number of rotatable bonds is 18. The number of guanidine groups is 1. The number of likely N-dealkylation sites (tertiary alicyclic amines) is 1. The first kappa shape index (κ1) is 30.4. The van der Waals surface area contributed by atoms with Crippen molar-refractivity contribution in [2.45, 2.75) is 69.2 Å². The lowest BCUT2D eigenvalue weighted by atomic mass is 10.0. The molecule has 1 fully saturated rings. The summed E-state index contributed by atoms with van der Waals surface area (Å²) in [5.41, 5.74) is 16.4. The van der Waals surface area contributed by atoms with E-state index in [4.69, 9.17) is 11.5 Å². The Labute approximate surface area is 211 Å². The van der Waals surface area contributed by atoms with Crippen molar-refractivity contribution < 1.29 is 19.2 Å². The van der Waals surface area contributed by atoms with Gasteiger partial charge in [-0.25, -0.2) is 10.9 Å². The third-order valence-electron chi connectivity index (χ3n) is 5.73. The highest BCUT2D eigenvalue weighted by molar-refractivity contribution is 7.98. The first-order valence-electron chi connectivity index (χ1n) is 11.5. The molecule has 0 radical (unpaired) electrons. The Balaban J connectivity index is 2.68. The van der Waals surface area contributed by atoms with Gasteiger partial charge in [0.1, 0.15) is 12.6 Å². The van der Waals surface area contributed by atoms with Crippen LogP contribution in [0.2, 0.25) is 0 Å². The monoisotopic (exact) mass is 517 g/mol. The predicted octanol–water partition coefficient (Wildman–Crippen LogP) is -1.14. The maximum Gasteiger partial charge on any atom is 0.237 e. The highest BCUT2D eigenvalue weighted by atomic mass is 32.2. The first-order valence-corrected chi connectivity index (χ1v) is 13.5. The highest BCUT2D eigenvalue weighted by Crippen LogP contribution is 2.22. The van der Waals surface area contributed by atoms with E-state index in [-0.39, 0.29) is 23.4 Å². The average Bonchev–Trinajstić information content (AvgIpc) is 3.32. The van der Waals surface area contributed by atoms with Crippen LogP contribution in [0.5, 0.6) is 0 Å². The van der Waals surface area contributed by atoms with Gasteiger partial charge >= 0.3 is 0 Å². The highest BCUT2D eigenvalue weighted by Gasteiger charge is 2.38. The van der Waals surface area contributed by atoms with Crippen LogP contribution in [0, 0.1) is 0 Å². The molecule has 0 saturated carbocycles. The predicted molar refractivity (Wildman–Crippen MR) is 139 cm³/mol. The Hall–Kier alpha value is -1.67. The minimum Gasteiger partial charge on any atom is -0.370 e. The Kier molecular flexibility index (Phi) is 15.1. The van der Waals surface area contributed by atoms with Gasteiger partial charge in [-0.05, 0) is 57.6 Å². The van der Waals surface area contributed by atoms with Crippen LogP contribution in [0.25, 0.3) is 0 Å². The van der Waals surface area contributed by atoms with E-state index in [1.54, 1.807) is 18.7 Å². The lowest BCUT2D eigenvalue weighted by Gasteiger charge is -2.32. The molecule has 11 nitrogen and oxygen atoms in total. The fourth-order valence-electron chi connectivity index (χ4n) is 3.79. The van der Waals surface area contributed by atoms with Crippen molar-refractivity contribution in [3.8, 4) is 0 Å². The number of nitrogens with zero attached hydrogens (tertiary/aromatic N) is 2. The number of aldehydes is 2. The number of carbonyl (C=O) groups is 4. The minimum atomic E-state index is -0.646. The fraction of sp³-hybridized carbons (Fsp3) is 0.762. The molecule has 1 heterocycles. The average molecular weight is 518 g/mol. The van der Waals surface area contributed by atoms with Crippen molar-refractivity contribution >= 4 is 54.6 Å². The number of nitrogens with one attached hydrogen (secondary N) is 3. The molecule has 34 heavy (non-hydrogen) atoms. The SMILES string of the molecule is CSCC[C@@H](C=O)NN[C@@H](CS)C(=O)C(C)N1CCC[C@H]1C(=O)N[C@H](C=O)CCCN=C(N)N. The van der Waals surface area contributed by atoms with Crippen molar-refractivity contribution in [2.75, 3.05) is 30.9 Å². The molecule has 5 atom stereocenters. The summed E-state index contributed by atoms with van der Waals surface area (Å²) < 4.78 is 0.